The molecule has 1 saturated heterocycles. The molecule has 2 rings (SSSR count). The summed E-state index contributed by atoms with van der Waals surface area (Å²) in [5.74, 6) is 0.00274. The average Bonchev–Trinajstić information content (AvgIpc) is 2.98. The van der Waals surface area contributed by atoms with Crippen molar-refractivity contribution in [3.63, 3.8) is 0 Å². The number of carbonyl (C=O) groups is 2. The lowest BCUT2D eigenvalue weighted by atomic mass is 10.0. The number of nitrogens with zero attached hydrogens (tertiary/aromatic N) is 2. The number of fused-ring (bicyclic) bond motifs is 1. The molecule has 0 aromatic carbocycles. The van der Waals surface area contributed by atoms with Gasteiger partial charge in [-0.15, -0.1) is 0 Å². The average molecular weight is 311 g/mol. The molecule has 1 N–H and O–H groups in total. The Balaban J connectivity index is 2.18. The molecular formula is C16H29N3O3. The van der Waals surface area contributed by atoms with E-state index in [-0.39, 0.29) is 23.9 Å². The Bertz CT molecular complexity index is 385. The van der Waals surface area contributed by atoms with Gasteiger partial charge >= 0.3 is 6.03 Å². The number of urea groups is 1. The van der Waals surface area contributed by atoms with Crippen LogP contribution in [0.1, 0.15) is 39.5 Å². The quantitative estimate of drug-likeness (QED) is 0.840. The fourth-order valence-electron chi connectivity index (χ4n) is 3.51. The zero-order valence-electron chi connectivity index (χ0n) is 13.8. The predicted molar refractivity (Wildman–Crippen MR) is 84.6 cm³/mol. The number of carbonyl (C=O) groups excluding carboxylic acids is 2. The molecule has 126 valence electrons. The SMILES string of the molecule is CCN(CC)C(=O)N1CCCOCCNC(=O)[C@@H]2CCC[C@@H]21. The first-order valence-electron chi connectivity index (χ1n) is 8.60. The molecule has 0 unspecified atom stereocenters. The predicted octanol–water partition coefficient (Wildman–Crippen LogP) is 1.46. The minimum Gasteiger partial charge on any atom is -0.380 e. The number of hydrogen-bond acceptors (Lipinski definition) is 3. The highest BCUT2D eigenvalue weighted by molar-refractivity contribution is 5.81. The van der Waals surface area contributed by atoms with Gasteiger partial charge in [-0.3, -0.25) is 4.79 Å². The highest BCUT2D eigenvalue weighted by Gasteiger charge is 2.39. The van der Waals surface area contributed by atoms with Gasteiger partial charge in [0.15, 0.2) is 0 Å². The van der Waals surface area contributed by atoms with E-state index in [1.54, 1.807) is 0 Å². The van der Waals surface area contributed by atoms with Gasteiger partial charge in [0.1, 0.15) is 0 Å². The molecule has 1 saturated carbocycles. The van der Waals surface area contributed by atoms with Crippen LogP contribution >= 0.6 is 0 Å². The van der Waals surface area contributed by atoms with Crippen molar-refractivity contribution in [2.45, 2.75) is 45.6 Å². The largest absolute Gasteiger partial charge is 0.380 e. The normalized spacial score (nSPS) is 26.8. The molecule has 2 atom stereocenters. The van der Waals surface area contributed by atoms with Gasteiger partial charge in [0.25, 0.3) is 0 Å². The lowest BCUT2D eigenvalue weighted by Gasteiger charge is -2.36. The van der Waals surface area contributed by atoms with Crippen LogP contribution in [0.5, 0.6) is 0 Å². The maximum Gasteiger partial charge on any atom is 0.320 e. The Morgan fingerprint density at radius 3 is 2.77 bits per heavy atom. The van der Waals surface area contributed by atoms with Crippen LogP contribution in [-0.2, 0) is 9.53 Å². The summed E-state index contributed by atoms with van der Waals surface area (Å²) in [7, 11) is 0. The molecule has 0 bridgehead atoms. The third-order valence-corrected chi connectivity index (χ3v) is 4.73. The number of nitrogens with one attached hydrogen (secondary N) is 1. The van der Waals surface area contributed by atoms with Gasteiger partial charge in [-0.2, -0.15) is 0 Å². The second-order valence-corrected chi connectivity index (χ2v) is 6.01. The highest BCUT2D eigenvalue weighted by Crippen LogP contribution is 2.31. The van der Waals surface area contributed by atoms with Crippen LogP contribution in [-0.4, -0.2) is 67.2 Å². The molecular weight excluding hydrogens is 282 g/mol. The van der Waals surface area contributed by atoms with Crippen molar-refractivity contribution in [1.82, 2.24) is 15.1 Å². The second-order valence-electron chi connectivity index (χ2n) is 6.01. The monoisotopic (exact) mass is 311 g/mol. The Labute approximate surface area is 133 Å². The number of ether oxygens (including phenoxy) is 1. The zero-order valence-corrected chi connectivity index (χ0v) is 13.8. The Morgan fingerprint density at radius 2 is 2.05 bits per heavy atom. The highest BCUT2D eigenvalue weighted by atomic mass is 16.5. The first-order valence-corrected chi connectivity index (χ1v) is 8.60. The summed E-state index contributed by atoms with van der Waals surface area (Å²) >= 11 is 0. The fraction of sp³-hybridized carbons (Fsp3) is 0.875. The Morgan fingerprint density at radius 1 is 1.27 bits per heavy atom. The van der Waals surface area contributed by atoms with Crippen molar-refractivity contribution in [1.29, 1.82) is 0 Å². The van der Waals surface area contributed by atoms with Gasteiger partial charge in [0.2, 0.25) is 5.91 Å². The molecule has 0 aromatic heterocycles. The third kappa shape index (κ3) is 3.91. The Hall–Kier alpha value is -1.30. The first kappa shape index (κ1) is 17.1. The number of rotatable bonds is 2. The maximum atomic E-state index is 12.8. The van der Waals surface area contributed by atoms with Crippen LogP contribution in [0.25, 0.3) is 0 Å². The van der Waals surface area contributed by atoms with Crippen LogP contribution in [0.4, 0.5) is 4.79 Å². The van der Waals surface area contributed by atoms with E-state index in [1.165, 1.54) is 0 Å². The van der Waals surface area contributed by atoms with E-state index in [0.29, 0.717) is 39.4 Å². The number of amides is 3. The molecule has 3 amide bonds. The van der Waals surface area contributed by atoms with Gasteiger partial charge in [0, 0.05) is 38.8 Å². The lowest BCUT2D eigenvalue weighted by molar-refractivity contribution is -0.126. The Kier molecular flexibility index (Phi) is 6.49. The van der Waals surface area contributed by atoms with Gasteiger partial charge in [-0.05, 0) is 33.1 Å². The molecule has 1 aliphatic heterocycles. The van der Waals surface area contributed by atoms with E-state index >= 15 is 0 Å². The summed E-state index contributed by atoms with van der Waals surface area (Å²) in [6.45, 7) is 7.81. The molecule has 2 fully saturated rings. The van der Waals surface area contributed by atoms with E-state index in [1.807, 2.05) is 23.6 Å². The third-order valence-electron chi connectivity index (χ3n) is 4.73. The van der Waals surface area contributed by atoms with Gasteiger partial charge < -0.3 is 19.9 Å². The number of hydrogen-bond donors (Lipinski definition) is 1. The van der Waals surface area contributed by atoms with Crippen molar-refractivity contribution in [2.24, 2.45) is 5.92 Å². The van der Waals surface area contributed by atoms with Crippen LogP contribution < -0.4 is 5.32 Å². The van der Waals surface area contributed by atoms with Crippen LogP contribution in [0, 0.1) is 5.92 Å². The smallest absolute Gasteiger partial charge is 0.320 e. The molecule has 6 heteroatoms. The van der Waals surface area contributed by atoms with Crippen molar-refractivity contribution in [3.8, 4) is 0 Å². The molecule has 0 aromatic rings. The molecule has 1 heterocycles. The summed E-state index contributed by atoms with van der Waals surface area (Å²) in [5.41, 5.74) is 0. The molecule has 0 radical (unpaired) electrons. The van der Waals surface area contributed by atoms with Crippen molar-refractivity contribution < 1.29 is 14.3 Å². The van der Waals surface area contributed by atoms with Crippen molar-refractivity contribution in [2.75, 3.05) is 39.4 Å². The van der Waals surface area contributed by atoms with Gasteiger partial charge in [0.05, 0.1) is 12.5 Å². The molecule has 2 aliphatic rings. The topological polar surface area (TPSA) is 61.9 Å². The van der Waals surface area contributed by atoms with E-state index in [2.05, 4.69) is 5.32 Å². The van der Waals surface area contributed by atoms with Crippen molar-refractivity contribution in [3.05, 3.63) is 0 Å². The molecule has 0 spiro atoms. The zero-order chi connectivity index (χ0) is 15.9. The molecule has 22 heavy (non-hydrogen) atoms. The van der Waals surface area contributed by atoms with Crippen LogP contribution in [0.3, 0.4) is 0 Å². The van der Waals surface area contributed by atoms with Gasteiger partial charge in [-0.1, -0.05) is 6.42 Å². The summed E-state index contributed by atoms with van der Waals surface area (Å²) < 4.78 is 5.51. The van der Waals surface area contributed by atoms with Crippen LogP contribution in [0.2, 0.25) is 0 Å². The lowest BCUT2D eigenvalue weighted by Crippen LogP contribution is -2.52. The maximum absolute atomic E-state index is 12.8. The van der Waals surface area contributed by atoms with E-state index in [9.17, 15) is 9.59 Å². The minimum atomic E-state index is -0.0717. The summed E-state index contributed by atoms with van der Waals surface area (Å²) in [5, 5.41) is 2.95. The summed E-state index contributed by atoms with van der Waals surface area (Å²) in [6.07, 6.45) is 3.64. The molecule has 1 aliphatic carbocycles. The standard InChI is InChI=1S/C16H29N3O3/c1-3-18(4-2)16(21)19-10-6-11-22-12-9-17-15(20)13-7-5-8-14(13)19/h13-14H,3-12H2,1-2H3,(H,17,20)/t13-,14+/m1/s1. The molecule has 6 nitrogen and oxygen atoms in total. The summed E-state index contributed by atoms with van der Waals surface area (Å²) in [4.78, 5) is 29.0. The van der Waals surface area contributed by atoms with Crippen LogP contribution in [0.15, 0.2) is 0 Å². The van der Waals surface area contributed by atoms with E-state index in [4.69, 9.17) is 4.74 Å². The first-order chi connectivity index (χ1) is 10.7. The fourth-order valence-corrected chi connectivity index (χ4v) is 3.51. The second kappa shape index (κ2) is 8.36. The van der Waals surface area contributed by atoms with Gasteiger partial charge in [-0.25, -0.2) is 4.79 Å². The van der Waals surface area contributed by atoms with Crippen molar-refractivity contribution >= 4 is 11.9 Å². The summed E-state index contributed by atoms with van der Waals surface area (Å²) in [6, 6.07) is 0.0974. The van der Waals surface area contributed by atoms with E-state index < -0.39 is 0 Å². The minimum absolute atomic E-state index is 0.0335. The van der Waals surface area contributed by atoms with E-state index in [0.717, 1.165) is 25.7 Å².